The number of benzene rings is 1. The summed E-state index contributed by atoms with van der Waals surface area (Å²) in [5, 5.41) is 4.90. The molecule has 2 aromatic rings. The number of sulfonamides is 1. The smallest absolute Gasteiger partial charge is 0.243 e. The highest BCUT2D eigenvalue weighted by molar-refractivity contribution is 7.89. The average molecular weight is 393 g/mol. The summed E-state index contributed by atoms with van der Waals surface area (Å²) in [6.07, 6.45) is 4.15. The Balaban J connectivity index is 1.51. The van der Waals surface area contributed by atoms with Crippen molar-refractivity contribution in [1.29, 1.82) is 0 Å². The molecule has 0 radical (unpaired) electrons. The quantitative estimate of drug-likeness (QED) is 0.787. The molecule has 1 saturated heterocycles. The highest BCUT2D eigenvalue weighted by Gasteiger charge is 2.25. The van der Waals surface area contributed by atoms with Crippen LogP contribution in [0.4, 0.5) is 0 Å². The van der Waals surface area contributed by atoms with Crippen LogP contribution in [0.5, 0.6) is 0 Å². The number of amides is 1. The van der Waals surface area contributed by atoms with Gasteiger partial charge in [0, 0.05) is 30.9 Å². The van der Waals surface area contributed by atoms with E-state index in [1.807, 2.05) is 17.5 Å². The third-order valence-corrected chi connectivity index (χ3v) is 7.39. The van der Waals surface area contributed by atoms with Gasteiger partial charge in [-0.15, -0.1) is 11.3 Å². The van der Waals surface area contributed by atoms with Crippen molar-refractivity contribution in [3.8, 4) is 0 Å². The standard InChI is InChI=1S/C19H24N2O3S2/c22-19(11-8-17-5-4-14-25-17)20-15-16-6-9-18(10-7-16)26(23,24)21-12-2-1-3-13-21/h4-7,9-10,14H,1-3,8,11-13,15H2,(H,20,22). The van der Waals surface area contributed by atoms with Crippen molar-refractivity contribution < 1.29 is 13.2 Å². The molecule has 5 nitrogen and oxygen atoms in total. The Labute approximate surface area is 159 Å². The van der Waals surface area contributed by atoms with E-state index >= 15 is 0 Å². The number of nitrogens with zero attached hydrogens (tertiary/aromatic N) is 1. The van der Waals surface area contributed by atoms with Gasteiger partial charge in [0.25, 0.3) is 0 Å². The second kappa shape index (κ2) is 8.79. The van der Waals surface area contributed by atoms with Crippen LogP contribution >= 0.6 is 11.3 Å². The van der Waals surface area contributed by atoms with E-state index in [1.165, 1.54) is 4.88 Å². The maximum atomic E-state index is 12.6. The predicted octanol–water partition coefficient (Wildman–Crippen LogP) is 3.17. The summed E-state index contributed by atoms with van der Waals surface area (Å²) in [5.74, 6) is 0.00316. The van der Waals surface area contributed by atoms with Gasteiger partial charge in [-0.25, -0.2) is 8.42 Å². The summed E-state index contributed by atoms with van der Waals surface area (Å²) in [6.45, 7) is 1.61. The fraction of sp³-hybridized carbons (Fsp3) is 0.421. The zero-order chi connectivity index (χ0) is 18.4. The summed E-state index contributed by atoms with van der Waals surface area (Å²) in [6, 6.07) is 10.8. The number of rotatable bonds is 7. The largest absolute Gasteiger partial charge is 0.352 e. The number of nitrogens with one attached hydrogen (secondary N) is 1. The molecule has 0 bridgehead atoms. The molecule has 0 unspecified atom stereocenters. The molecule has 1 fully saturated rings. The van der Waals surface area contributed by atoms with Gasteiger partial charge in [-0.1, -0.05) is 24.6 Å². The van der Waals surface area contributed by atoms with Crippen molar-refractivity contribution >= 4 is 27.3 Å². The maximum Gasteiger partial charge on any atom is 0.243 e. The van der Waals surface area contributed by atoms with Crippen molar-refractivity contribution in [2.24, 2.45) is 0 Å². The van der Waals surface area contributed by atoms with Gasteiger partial charge in [0.2, 0.25) is 15.9 Å². The molecular formula is C19H24N2O3S2. The number of thiophene rings is 1. The Morgan fingerprint density at radius 2 is 1.81 bits per heavy atom. The number of carbonyl (C=O) groups is 1. The minimum atomic E-state index is -3.40. The molecule has 140 valence electrons. The molecule has 1 aliphatic heterocycles. The summed E-state index contributed by atoms with van der Waals surface area (Å²) in [4.78, 5) is 13.5. The number of hydrogen-bond donors (Lipinski definition) is 1. The first kappa shape index (κ1) is 19.1. The molecule has 26 heavy (non-hydrogen) atoms. The first-order valence-corrected chi connectivity index (χ1v) is 11.3. The van der Waals surface area contributed by atoms with Crippen molar-refractivity contribution in [2.45, 2.75) is 43.5 Å². The van der Waals surface area contributed by atoms with E-state index in [9.17, 15) is 13.2 Å². The Morgan fingerprint density at radius 1 is 1.08 bits per heavy atom. The lowest BCUT2D eigenvalue weighted by Gasteiger charge is -2.25. The van der Waals surface area contributed by atoms with Gasteiger partial charge in [0.15, 0.2) is 0 Å². The lowest BCUT2D eigenvalue weighted by molar-refractivity contribution is -0.121. The third kappa shape index (κ3) is 4.93. The number of hydrogen-bond acceptors (Lipinski definition) is 4. The maximum absolute atomic E-state index is 12.6. The summed E-state index contributed by atoms with van der Waals surface area (Å²) in [5.41, 5.74) is 0.895. The molecule has 0 spiro atoms. The van der Waals surface area contributed by atoms with E-state index in [1.54, 1.807) is 39.9 Å². The monoisotopic (exact) mass is 392 g/mol. The topological polar surface area (TPSA) is 66.5 Å². The van der Waals surface area contributed by atoms with Crippen LogP contribution in [0.2, 0.25) is 0 Å². The van der Waals surface area contributed by atoms with E-state index in [0.29, 0.717) is 31.0 Å². The molecular weight excluding hydrogens is 368 g/mol. The summed E-state index contributed by atoms with van der Waals surface area (Å²) >= 11 is 1.65. The summed E-state index contributed by atoms with van der Waals surface area (Å²) in [7, 11) is -3.40. The number of carbonyl (C=O) groups excluding carboxylic acids is 1. The summed E-state index contributed by atoms with van der Waals surface area (Å²) < 4.78 is 26.8. The number of aryl methyl sites for hydroxylation is 1. The molecule has 1 aliphatic rings. The Kier molecular flexibility index (Phi) is 6.45. The van der Waals surface area contributed by atoms with Crippen molar-refractivity contribution in [2.75, 3.05) is 13.1 Å². The molecule has 1 N–H and O–H groups in total. The van der Waals surface area contributed by atoms with Crippen LogP contribution in [-0.4, -0.2) is 31.7 Å². The number of piperidine rings is 1. The van der Waals surface area contributed by atoms with Crippen LogP contribution in [-0.2, 0) is 27.8 Å². The van der Waals surface area contributed by atoms with Crippen LogP contribution in [0.1, 0.15) is 36.1 Å². The Bertz CT molecular complexity index is 809. The van der Waals surface area contributed by atoms with Gasteiger partial charge in [-0.05, 0) is 48.4 Å². The van der Waals surface area contributed by atoms with Crippen molar-refractivity contribution in [3.05, 3.63) is 52.2 Å². The molecule has 0 atom stereocenters. The zero-order valence-electron chi connectivity index (χ0n) is 14.7. The van der Waals surface area contributed by atoms with Gasteiger partial charge in [0.1, 0.15) is 0 Å². The van der Waals surface area contributed by atoms with Crippen LogP contribution in [0.3, 0.4) is 0 Å². The van der Waals surface area contributed by atoms with Crippen molar-refractivity contribution in [3.63, 3.8) is 0 Å². The van der Waals surface area contributed by atoms with Crippen LogP contribution in [0.15, 0.2) is 46.7 Å². The SMILES string of the molecule is O=C(CCc1cccs1)NCc1ccc(S(=O)(=O)N2CCCCC2)cc1. The molecule has 7 heteroatoms. The molecule has 0 aliphatic carbocycles. The molecule has 1 amide bonds. The fourth-order valence-electron chi connectivity index (χ4n) is 3.01. The van der Waals surface area contributed by atoms with Crippen LogP contribution < -0.4 is 5.32 Å². The van der Waals surface area contributed by atoms with E-state index in [2.05, 4.69) is 5.32 Å². The van der Waals surface area contributed by atoms with Gasteiger partial charge >= 0.3 is 0 Å². The molecule has 1 aromatic heterocycles. The minimum absolute atomic E-state index is 0.00316. The fourth-order valence-corrected chi connectivity index (χ4v) is 5.24. The highest BCUT2D eigenvalue weighted by atomic mass is 32.2. The normalized spacial score (nSPS) is 15.7. The second-order valence-electron chi connectivity index (χ2n) is 6.46. The van der Waals surface area contributed by atoms with Gasteiger partial charge in [-0.2, -0.15) is 4.31 Å². The molecule has 3 rings (SSSR count). The molecule has 1 aromatic carbocycles. The van der Waals surface area contributed by atoms with E-state index < -0.39 is 10.0 Å². The Hall–Kier alpha value is -1.70. The van der Waals surface area contributed by atoms with E-state index in [-0.39, 0.29) is 5.91 Å². The first-order chi connectivity index (χ1) is 12.6. The molecule has 0 saturated carbocycles. The zero-order valence-corrected chi connectivity index (χ0v) is 16.3. The van der Waals surface area contributed by atoms with Gasteiger partial charge in [-0.3, -0.25) is 4.79 Å². The third-order valence-electron chi connectivity index (χ3n) is 4.54. The molecule has 2 heterocycles. The Morgan fingerprint density at radius 3 is 2.46 bits per heavy atom. The van der Waals surface area contributed by atoms with Crippen LogP contribution in [0, 0.1) is 0 Å². The van der Waals surface area contributed by atoms with E-state index in [0.717, 1.165) is 31.2 Å². The first-order valence-electron chi connectivity index (χ1n) is 8.94. The van der Waals surface area contributed by atoms with Gasteiger partial charge in [0.05, 0.1) is 4.90 Å². The average Bonchev–Trinajstić information content (AvgIpc) is 3.19. The van der Waals surface area contributed by atoms with Crippen LogP contribution in [0.25, 0.3) is 0 Å². The lowest BCUT2D eigenvalue weighted by atomic mass is 10.2. The highest BCUT2D eigenvalue weighted by Crippen LogP contribution is 2.20. The van der Waals surface area contributed by atoms with Crippen molar-refractivity contribution in [1.82, 2.24) is 9.62 Å². The van der Waals surface area contributed by atoms with Gasteiger partial charge < -0.3 is 5.32 Å². The minimum Gasteiger partial charge on any atom is -0.352 e. The second-order valence-corrected chi connectivity index (χ2v) is 9.43. The predicted molar refractivity (Wildman–Crippen MR) is 104 cm³/mol. The van der Waals surface area contributed by atoms with E-state index in [4.69, 9.17) is 0 Å². The lowest BCUT2D eigenvalue weighted by Crippen LogP contribution is -2.35.